The molecule has 4 heteroatoms. The third kappa shape index (κ3) is 3.35. The highest BCUT2D eigenvalue weighted by Crippen LogP contribution is 2.12. The fourth-order valence-corrected chi connectivity index (χ4v) is 2.02. The molecule has 0 bridgehead atoms. The van der Waals surface area contributed by atoms with Gasteiger partial charge < -0.3 is 10.1 Å². The number of carbonyl (C=O) groups is 1. The second-order valence-corrected chi connectivity index (χ2v) is 4.71. The molecule has 1 amide bonds. The van der Waals surface area contributed by atoms with E-state index in [0.717, 1.165) is 16.7 Å². The molecule has 4 nitrogen and oxygen atoms in total. The fraction of sp³-hybridized carbons (Fsp3) is 0.250. The second kappa shape index (κ2) is 6.19. The van der Waals surface area contributed by atoms with Crippen molar-refractivity contribution in [1.82, 2.24) is 10.3 Å². The lowest BCUT2D eigenvalue weighted by atomic mass is 10.1. The van der Waals surface area contributed by atoms with Crippen molar-refractivity contribution < 1.29 is 9.53 Å². The first-order valence-electron chi connectivity index (χ1n) is 6.44. The standard InChI is InChI=1S/C16H18N2O2/c1-11-4-5-14(12(2)8-11)16(19)18-10-13-6-7-17-15(9-13)20-3/h4-9H,10H2,1-3H3,(H,18,19). The maximum Gasteiger partial charge on any atom is 0.251 e. The van der Waals surface area contributed by atoms with Gasteiger partial charge in [-0.2, -0.15) is 0 Å². The Morgan fingerprint density at radius 1 is 1.25 bits per heavy atom. The van der Waals surface area contributed by atoms with Crippen LogP contribution >= 0.6 is 0 Å². The molecule has 0 spiro atoms. The average molecular weight is 270 g/mol. The zero-order chi connectivity index (χ0) is 14.5. The number of rotatable bonds is 4. The van der Waals surface area contributed by atoms with Crippen molar-refractivity contribution in [2.24, 2.45) is 0 Å². The highest BCUT2D eigenvalue weighted by Gasteiger charge is 2.08. The summed E-state index contributed by atoms with van der Waals surface area (Å²) in [4.78, 5) is 16.2. The van der Waals surface area contributed by atoms with E-state index in [9.17, 15) is 4.79 Å². The largest absolute Gasteiger partial charge is 0.481 e. The van der Waals surface area contributed by atoms with Gasteiger partial charge in [0, 0.05) is 24.4 Å². The van der Waals surface area contributed by atoms with E-state index < -0.39 is 0 Å². The molecule has 1 aromatic heterocycles. The van der Waals surface area contributed by atoms with Crippen molar-refractivity contribution in [2.75, 3.05) is 7.11 Å². The molecule has 0 atom stereocenters. The minimum Gasteiger partial charge on any atom is -0.481 e. The SMILES string of the molecule is COc1cc(CNC(=O)c2ccc(C)cc2C)ccn1. The van der Waals surface area contributed by atoms with Crippen LogP contribution in [-0.2, 0) is 6.54 Å². The lowest BCUT2D eigenvalue weighted by molar-refractivity contribution is 0.0950. The first-order chi connectivity index (χ1) is 9.60. The first-order valence-corrected chi connectivity index (χ1v) is 6.44. The van der Waals surface area contributed by atoms with Gasteiger partial charge in [0.05, 0.1) is 7.11 Å². The van der Waals surface area contributed by atoms with Gasteiger partial charge in [-0.05, 0) is 37.1 Å². The Bertz CT molecular complexity index is 624. The summed E-state index contributed by atoms with van der Waals surface area (Å²) in [7, 11) is 1.57. The van der Waals surface area contributed by atoms with E-state index in [0.29, 0.717) is 18.0 Å². The van der Waals surface area contributed by atoms with Crippen molar-refractivity contribution in [1.29, 1.82) is 0 Å². The highest BCUT2D eigenvalue weighted by atomic mass is 16.5. The van der Waals surface area contributed by atoms with E-state index >= 15 is 0 Å². The van der Waals surface area contributed by atoms with Crippen LogP contribution in [0.25, 0.3) is 0 Å². The van der Waals surface area contributed by atoms with E-state index in [-0.39, 0.29) is 5.91 Å². The molecule has 0 unspecified atom stereocenters. The molecule has 0 fully saturated rings. The van der Waals surface area contributed by atoms with Crippen molar-refractivity contribution >= 4 is 5.91 Å². The summed E-state index contributed by atoms with van der Waals surface area (Å²) < 4.78 is 5.05. The van der Waals surface area contributed by atoms with Gasteiger partial charge in [0.1, 0.15) is 0 Å². The van der Waals surface area contributed by atoms with Gasteiger partial charge in [-0.1, -0.05) is 17.7 Å². The summed E-state index contributed by atoms with van der Waals surface area (Å²) >= 11 is 0. The summed E-state index contributed by atoms with van der Waals surface area (Å²) in [5, 5.41) is 2.90. The topological polar surface area (TPSA) is 51.2 Å². The molecule has 0 aliphatic carbocycles. The molecule has 0 aliphatic rings. The Kier molecular flexibility index (Phi) is 4.35. The Morgan fingerprint density at radius 3 is 2.75 bits per heavy atom. The normalized spacial score (nSPS) is 10.2. The second-order valence-electron chi connectivity index (χ2n) is 4.71. The molecule has 104 valence electrons. The lowest BCUT2D eigenvalue weighted by Gasteiger charge is -2.09. The van der Waals surface area contributed by atoms with E-state index in [1.54, 1.807) is 13.3 Å². The van der Waals surface area contributed by atoms with Crippen LogP contribution in [0.15, 0.2) is 36.5 Å². The number of nitrogens with one attached hydrogen (secondary N) is 1. The predicted octanol–water partition coefficient (Wildman–Crippen LogP) is 2.64. The molecule has 2 rings (SSSR count). The number of benzene rings is 1. The van der Waals surface area contributed by atoms with Crippen molar-refractivity contribution in [3.63, 3.8) is 0 Å². The van der Waals surface area contributed by atoms with Gasteiger partial charge in [-0.25, -0.2) is 4.98 Å². The van der Waals surface area contributed by atoms with E-state index in [2.05, 4.69) is 10.3 Å². The molecule has 0 radical (unpaired) electrons. The average Bonchev–Trinajstić information content (AvgIpc) is 2.45. The first kappa shape index (κ1) is 14.1. The minimum atomic E-state index is -0.0710. The van der Waals surface area contributed by atoms with Crippen LogP contribution in [-0.4, -0.2) is 18.0 Å². The van der Waals surface area contributed by atoms with Crippen LogP contribution in [0.3, 0.4) is 0 Å². The third-order valence-electron chi connectivity index (χ3n) is 3.09. The molecule has 0 aliphatic heterocycles. The van der Waals surface area contributed by atoms with Crippen LogP contribution < -0.4 is 10.1 Å². The predicted molar refractivity (Wildman–Crippen MR) is 77.9 cm³/mol. The van der Waals surface area contributed by atoms with Crippen LogP contribution in [0.2, 0.25) is 0 Å². The number of nitrogens with zero attached hydrogens (tertiary/aromatic N) is 1. The smallest absolute Gasteiger partial charge is 0.251 e. The number of aryl methyl sites for hydroxylation is 2. The summed E-state index contributed by atoms with van der Waals surface area (Å²) in [5.41, 5.74) is 3.79. The van der Waals surface area contributed by atoms with Crippen molar-refractivity contribution in [3.8, 4) is 5.88 Å². The molecule has 20 heavy (non-hydrogen) atoms. The number of methoxy groups -OCH3 is 1. The summed E-state index contributed by atoms with van der Waals surface area (Å²) in [6.07, 6.45) is 1.66. The third-order valence-corrected chi connectivity index (χ3v) is 3.09. The number of aromatic nitrogens is 1. The Balaban J connectivity index is 2.04. The van der Waals surface area contributed by atoms with Crippen LogP contribution in [0.4, 0.5) is 0 Å². The van der Waals surface area contributed by atoms with E-state index in [1.165, 1.54) is 0 Å². The highest BCUT2D eigenvalue weighted by molar-refractivity contribution is 5.95. The number of ether oxygens (including phenoxy) is 1. The van der Waals surface area contributed by atoms with Crippen molar-refractivity contribution in [2.45, 2.75) is 20.4 Å². The Morgan fingerprint density at radius 2 is 2.05 bits per heavy atom. The number of amides is 1. The van der Waals surface area contributed by atoms with Crippen molar-refractivity contribution in [3.05, 3.63) is 58.8 Å². The Labute approximate surface area is 118 Å². The molecule has 1 N–H and O–H groups in total. The minimum absolute atomic E-state index is 0.0710. The van der Waals surface area contributed by atoms with Gasteiger partial charge >= 0.3 is 0 Å². The zero-order valence-electron chi connectivity index (χ0n) is 11.9. The maximum atomic E-state index is 12.1. The number of hydrogen-bond acceptors (Lipinski definition) is 3. The van der Waals surface area contributed by atoms with E-state index in [4.69, 9.17) is 4.74 Å². The molecule has 1 aromatic carbocycles. The maximum absolute atomic E-state index is 12.1. The summed E-state index contributed by atoms with van der Waals surface area (Å²) in [6, 6.07) is 9.46. The van der Waals surface area contributed by atoms with Crippen LogP contribution in [0.1, 0.15) is 27.0 Å². The summed E-state index contributed by atoms with van der Waals surface area (Å²) in [6.45, 7) is 4.40. The van der Waals surface area contributed by atoms with Crippen LogP contribution in [0.5, 0.6) is 5.88 Å². The molecule has 0 saturated heterocycles. The van der Waals surface area contributed by atoms with Crippen LogP contribution in [0, 0.1) is 13.8 Å². The molecule has 2 aromatic rings. The van der Waals surface area contributed by atoms with Gasteiger partial charge in [-0.3, -0.25) is 4.79 Å². The van der Waals surface area contributed by atoms with Gasteiger partial charge in [0.15, 0.2) is 0 Å². The monoisotopic (exact) mass is 270 g/mol. The molecule has 0 saturated carbocycles. The van der Waals surface area contributed by atoms with Gasteiger partial charge in [-0.15, -0.1) is 0 Å². The Hall–Kier alpha value is -2.36. The zero-order valence-corrected chi connectivity index (χ0v) is 11.9. The van der Waals surface area contributed by atoms with E-state index in [1.807, 2.05) is 44.2 Å². The number of pyridine rings is 1. The number of hydrogen-bond donors (Lipinski definition) is 1. The van der Waals surface area contributed by atoms with Gasteiger partial charge in [0.2, 0.25) is 5.88 Å². The quantitative estimate of drug-likeness (QED) is 0.929. The van der Waals surface area contributed by atoms with Gasteiger partial charge in [0.25, 0.3) is 5.91 Å². The molecular formula is C16H18N2O2. The molecule has 1 heterocycles. The summed E-state index contributed by atoms with van der Waals surface area (Å²) in [5.74, 6) is 0.474. The lowest BCUT2D eigenvalue weighted by Crippen LogP contribution is -2.23. The fourth-order valence-electron chi connectivity index (χ4n) is 2.02. The number of carbonyl (C=O) groups excluding carboxylic acids is 1. The molecular weight excluding hydrogens is 252 g/mol.